The Morgan fingerprint density at radius 1 is 1.69 bits per heavy atom. The maximum atomic E-state index is 11.5. The Labute approximate surface area is 93.0 Å². The lowest BCUT2D eigenvalue weighted by Gasteiger charge is -2.33. The molecule has 88 valence electrons. The molecule has 0 amide bonds. The molecule has 2 fully saturated rings. The molecule has 1 saturated heterocycles. The van der Waals surface area contributed by atoms with Crippen molar-refractivity contribution in [2.75, 3.05) is 7.11 Å². The number of fused-ring (bicyclic) bond motifs is 3. The summed E-state index contributed by atoms with van der Waals surface area (Å²) in [6.45, 7) is 1.95. The van der Waals surface area contributed by atoms with Crippen molar-refractivity contribution < 1.29 is 24.1 Å². The van der Waals surface area contributed by atoms with Gasteiger partial charge in [-0.3, -0.25) is 0 Å². The first-order valence-electron chi connectivity index (χ1n) is 5.37. The Morgan fingerprint density at radius 3 is 3.12 bits per heavy atom. The first kappa shape index (κ1) is 10.1. The summed E-state index contributed by atoms with van der Waals surface area (Å²) < 4.78 is 15.3. The molecule has 5 heteroatoms. The molecule has 3 aliphatic rings. The number of hydrogen-bond acceptors (Lipinski definition) is 5. The highest BCUT2D eigenvalue weighted by Crippen LogP contribution is 2.60. The highest BCUT2D eigenvalue weighted by Gasteiger charge is 2.70. The van der Waals surface area contributed by atoms with Gasteiger partial charge < -0.3 is 19.3 Å². The lowest BCUT2D eigenvalue weighted by molar-refractivity contribution is -0.149. The average molecular weight is 226 g/mol. The first-order chi connectivity index (χ1) is 7.58. The summed E-state index contributed by atoms with van der Waals surface area (Å²) in [6, 6.07) is 0. The van der Waals surface area contributed by atoms with E-state index in [9.17, 15) is 9.90 Å². The van der Waals surface area contributed by atoms with E-state index in [2.05, 4.69) is 0 Å². The van der Waals surface area contributed by atoms with Gasteiger partial charge in [0, 0.05) is 5.92 Å². The molecule has 1 aliphatic carbocycles. The molecule has 0 aromatic heterocycles. The number of epoxide rings is 1. The molecule has 16 heavy (non-hydrogen) atoms. The summed E-state index contributed by atoms with van der Waals surface area (Å²) in [7, 11) is 1.34. The minimum atomic E-state index is -0.893. The number of ether oxygens (including phenoxy) is 3. The molecule has 1 saturated carbocycles. The smallest absolute Gasteiger partial charge is 0.337 e. The van der Waals surface area contributed by atoms with Crippen LogP contribution in [0.3, 0.4) is 0 Å². The van der Waals surface area contributed by atoms with Gasteiger partial charge in [0.2, 0.25) is 6.29 Å². The van der Waals surface area contributed by atoms with Gasteiger partial charge in [0.1, 0.15) is 5.60 Å². The molecule has 0 spiro atoms. The minimum absolute atomic E-state index is 0.0139. The van der Waals surface area contributed by atoms with Gasteiger partial charge in [-0.2, -0.15) is 0 Å². The number of aliphatic hydroxyl groups excluding tert-OH is 1. The van der Waals surface area contributed by atoms with Crippen LogP contribution in [0.15, 0.2) is 11.8 Å². The number of aliphatic hydroxyl groups is 1. The van der Waals surface area contributed by atoms with Crippen molar-refractivity contribution in [3.05, 3.63) is 11.8 Å². The number of carbonyl (C=O) groups excluding carboxylic acids is 1. The van der Waals surface area contributed by atoms with Crippen LogP contribution in [0, 0.1) is 11.8 Å². The number of hydrogen-bond donors (Lipinski definition) is 1. The van der Waals surface area contributed by atoms with Crippen LogP contribution in [0.4, 0.5) is 0 Å². The van der Waals surface area contributed by atoms with Crippen LogP contribution in [0.2, 0.25) is 0 Å². The van der Waals surface area contributed by atoms with Crippen LogP contribution < -0.4 is 0 Å². The number of methoxy groups -OCH3 is 1. The zero-order valence-corrected chi connectivity index (χ0v) is 9.17. The third-order valence-electron chi connectivity index (χ3n) is 4.00. The van der Waals surface area contributed by atoms with Crippen molar-refractivity contribution >= 4 is 5.97 Å². The fraction of sp³-hybridized carbons (Fsp3) is 0.727. The number of rotatable bonds is 1. The van der Waals surface area contributed by atoms with Gasteiger partial charge >= 0.3 is 5.97 Å². The monoisotopic (exact) mass is 226 g/mol. The first-order valence-corrected chi connectivity index (χ1v) is 5.37. The van der Waals surface area contributed by atoms with E-state index in [1.165, 1.54) is 13.4 Å². The zero-order valence-electron chi connectivity index (χ0n) is 9.17. The second-order valence-corrected chi connectivity index (χ2v) is 4.75. The van der Waals surface area contributed by atoms with Crippen molar-refractivity contribution in [1.29, 1.82) is 0 Å². The van der Waals surface area contributed by atoms with Crippen molar-refractivity contribution in [2.24, 2.45) is 11.8 Å². The Kier molecular flexibility index (Phi) is 1.89. The highest BCUT2D eigenvalue weighted by atomic mass is 16.6. The van der Waals surface area contributed by atoms with Gasteiger partial charge in [0.15, 0.2) is 0 Å². The number of carbonyl (C=O) groups is 1. The van der Waals surface area contributed by atoms with Crippen molar-refractivity contribution in [1.82, 2.24) is 0 Å². The van der Waals surface area contributed by atoms with E-state index in [4.69, 9.17) is 14.2 Å². The normalized spacial score (nSPS) is 48.6. The molecular weight excluding hydrogens is 212 g/mol. The van der Waals surface area contributed by atoms with E-state index in [-0.39, 0.29) is 29.5 Å². The van der Waals surface area contributed by atoms with Crippen LogP contribution in [0.25, 0.3) is 0 Å². The Bertz CT molecular complexity index is 377. The molecule has 2 heterocycles. The summed E-state index contributed by atoms with van der Waals surface area (Å²) in [5.41, 5.74) is 0.173. The summed E-state index contributed by atoms with van der Waals surface area (Å²) in [5.74, 6) is -0.566. The van der Waals surface area contributed by atoms with Crippen molar-refractivity contribution in [3.8, 4) is 0 Å². The van der Waals surface area contributed by atoms with Gasteiger partial charge in [0.25, 0.3) is 0 Å². The maximum Gasteiger partial charge on any atom is 0.337 e. The molecule has 0 aromatic carbocycles. The fourth-order valence-electron chi connectivity index (χ4n) is 3.06. The molecule has 5 nitrogen and oxygen atoms in total. The molecule has 0 bridgehead atoms. The van der Waals surface area contributed by atoms with Crippen molar-refractivity contribution in [2.45, 2.75) is 31.3 Å². The second-order valence-electron chi connectivity index (χ2n) is 4.75. The van der Waals surface area contributed by atoms with E-state index < -0.39 is 6.29 Å². The Balaban J connectivity index is 1.92. The largest absolute Gasteiger partial charge is 0.472 e. The third-order valence-corrected chi connectivity index (χ3v) is 4.00. The summed E-state index contributed by atoms with van der Waals surface area (Å²) in [4.78, 5) is 11.5. The predicted octanol–water partition coefficient (Wildman–Crippen LogP) is 0.185. The van der Waals surface area contributed by atoms with E-state index in [0.29, 0.717) is 5.57 Å². The predicted molar refractivity (Wildman–Crippen MR) is 52.1 cm³/mol. The van der Waals surface area contributed by atoms with Crippen molar-refractivity contribution in [3.63, 3.8) is 0 Å². The van der Waals surface area contributed by atoms with Gasteiger partial charge in [-0.15, -0.1) is 0 Å². The molecule has 0 radical (unpaired) electrons. The van der Waals surface area contributed by atoms with E-state index >= 15 is 0 Å². The molecular formula is C11H14O5. The zero-order chi connectivity index (χ0) is 11.5. The fourth-order valence-corrected chi connectivity index (χ4v) is 3.06. The van der Waals surface area contributed by atoms with Crippen LogP contribution in [0.5, 0.6) is 0 Å². The lowest BCUT2D eigenvalue weighted by Crippen LogP contribution is -2.40. The topological polar surface area (TPSA) is 68.3 Å². The Hall–Kier alpha value is -1.07. The summed E-state index contributed by atoms with van der Waals surface area (Å²) in [5, 5.41) is 9.81. The highest BCUT2D eigenvalue weighted by molar-refractivity contribution is 5.89. The van der Waals surface area contributed by atoms with Crippen LogP contribution in [-0.4, -0.2) is 36.2 Å². The lowest BCUT2D eigenvalue weighted by atomic mass is 9.82. The Morgan fingerprint density at radius 2 is 2.44 bits per heavy atom. The summed E-state index contributed by atoms with van der Waals surface area (Å²) in [6.07, 6.45) is 1.32. The van der Waals surface area contributed by atoms with E-state index in [1.807, 2.05) is 6.92 Å². The van der Waals surface area contributed by atoms with Crippen LogP contribution in [0.1, 0.15) is 13.3 Å². The molecule has 5 unspecified atom stereocenters. The standard InChI is InChI=1S/C11H14O5/c1-11-7(16-11)3-5-6(9(12)14-2)4-15-10(13)8(5)11/h4-5,7-8,10,13H,3H2,1-2H3. The van der Waals surface area contributed by atoms with Crippen LogP contribution in [-0.2, 0) is 19.0 Å². The maximum absolute atomic E-state index is 11.5. The molecule has 1 N–H and O–H groups in total. The number of esters is 1. The average Bonchev–Trinajstić information content (AvgIpc) is 2.80. The van der Waals surface area contributed by atoms with Crippen LogP contribution >= 0.6 is 0 Å². The quantitative estimate of drug-likeness (QED) is 0.510. The second kappa shape index (κ2) is 2.99. The summed E-state index contributed by atoms with van der Waals surface area (Å²) >= 11 is 0. The van der Waals surface area contributed by atoms with Gasteiger partial charge in [-0.25, -0.2) is 4.79 Å². The van der Waals surface area contributed by atoms with E-state index in [0.717, 1.165) is 6.42 Å². The van der Waals surface area contributed by atoms with Gasteiger partial charge in [0.05, 0.1) is 31.0 Å². The SMILES string of the molecule is COC(=O)C1=COC(O)C2C1CC1OC12C. The third kappa shape index (κ3) is 1.10. The molecule has 2 aliphatic heterocycles. The molecule has 5 atom stereocenters. The van der Waals surface area contributed by atoms with Gasteiger partial charge in [-0.1, -0.05) is 0 Å². The van der Waals surface area contributed by atoms with E-state index in [1.54, 1.807) is 0 Å². The molecule has 0 aromatic rings. The minimum Gasteiger partial charge on any atom is -0.472 e. The molecule has 3 rings (SSSR count). The van der Waals surface area contributed by atoms with Gasteiger partial charge in [-0.05, 0) is 13.3 Å².